The summed E-state index contributed by atoms with van der Waals surface area (Å²) in [5.41, 5.74) is 0.412. The summed E-state index contributed by atoms with van der Waals surface area (Å²) in [6.07, 6.45) is 1.99. The molecule has 108 valence electrons. The number of amides is 1. The van der Waals surface area contributed by atoms with Crippen LogP contribution in [-0.2, 0) is 4.79 Å². The molecule has 0 saturated heterocycles. The van der Waals surface area contributed by atoms with E-state index in [9.17, 15) is 10.1 Å². The van der Waals surface area contributed by atoms with Gasteiger partial charge in [-0.25, -0.2) is 0 Å². The Morgan fingerprint density at radius 2 is 1.90 bits per heavy atom. The van der Waals surface area contributed by atoms with Crippen molar-refractivity contribution >= 4 is 5.91 Å². The molecule has 0 aliphatic rings. The maximum atomic E-state index is 12.1. The van der Waals surface area contributed by atoms with Gasteiger partial charge in [0.15, 0.2) is 0 Å². The van der Waals surface area contributed by atoms with Crippen molar-refractivity contribution in [2.45, 2.75) is 46.0 Å². The van der Waals surface area contributed by atoms with Crippen LogP contribution in [0.1, 0.15) is 51.5 Å². The van der Waals surface area contributed by atoms with Gasteiger partial charge in [-0.15, -0.1) is 0 Å². The Kier molecular flexibility index (Phi) is 6.24. The van der Waals surface area contributed by atoms with Gasteiger partial charge in [-0.3, -0.25) is 4.79 Å². The molecular formula is C17H24N2O. The average Bonchev–Trinajstić information content (AvgIpc) is 2.50. The smallest absolute Gasteiger partial charge is 0.240 e. The van der Waals surface area contributed by atoms with Crippen LogP contribution < -0.4 is 5.32 Å². The number of nitrogens with one attached hydrogen (secondary N) is 1. The van der Waals surface area contributed by atoms with Crippen molar-refractivity contribution in [1.29, 1.82) is 5.26 Å². The van der Waals surface area contributed by atoms with E-state index in [-0.39, 0.29) is 5.91 Å². The maximum Gasteiger partial charge on any atom is 0.240 e. The molecule has 1 aromatic carbocycles. The monoisotopic (exact) mass is 272 g/mol. The number of carbonyl (C=O) groups is 1. The van der Waals surface area contributed by atoms with Gasteiger partial charge in [0, 0.05) is 6.54 Å². The lowest BCUT2D eigenvalue weighted by atomic mass is 9.83. The van der Waals surface area contributed by atoms with Crippen molar-refractivity contribution in [3.8, 4) is 6.07 Å². The molecule has 1 N–H and O–H groups in total. The molecule has 0 spiro atoms. The first-order valence-electron chi connectivity index (χ1n) is 7.34. The highest BCUT2D eigenvalue weighted by Crippen LogP contribution is 2.25. The lowest BCUT2D eigenvalue weighted by Crippen LogP contribution is -2.40. The largest absolute Gasteiger partial charge is 0.355 e. The highest BCUT2D eigenvalue weighted by atomic mass is 16.2. The van der Waals surface area contributed by atoms with E-state index in [4.69, 9.17) is 0 Å². The number of carbonyl (C=O) groups excluding carboxylic acids is 1. The van der Waals surface area contributed by atoms with Crippen molar-refractivity contribution in [1.82, 2.24) is 5.32 Å². The third-order valence-corrected chi connectivity index (χ3v) is 4.09. The molecule has 1 amide bonds. The van der Waals surface area contributed by atoms with Crippen molar-refractivity contribution in [3.05, 3.63) is 35.9 Å². The number of nitrogens with zero attached hydrogens (tertiary/aromatic N) is 1. The molecule has 0 heterocycles. The summed E-state index contributed by atoms with van der Waals surface area (Å²) in [7, 11) is 0. The second kappa shape index (κ2) is 7.69. The van der Waals surface area contributed by atoms with Gasteiger partial charge in [0.1, 0.15) is 5.41 Å². The van der Waals surface area contributed by atoms with Crippen LogP contribution in [-0.4, -0.2) is 12.5 Å². The maximum absolute atomic E-state index is 12.1. The van der Waals surface area contributed by atoms with Crippen LogP contribution >= 0.6 is 0 Å². The fourth-order valence-corrected chi connectivity index (χ4v) is 2.30. The molecule has 0 bridgehead atoms. The van der Waals surface area contributed by atoms with Crippen LogP contribution in [0.15, 0.2) is 30.3 Å². The predicted octanol–water partition coefficient (Wildman–Crippen LogP) is 3.63. The molecule has 1 aromatic rings. The van der Waals surface area contributed by atoms with E-state index in [2.05, 4.69) is 30.4 Å². The molecule has 0 fully saturated rings. The second-order valence-corrected chi connectivity index (χ2v) is 5.26. The lowest BCUT2D eigenvalue weighted by Gasteiger charge is -2.22. The minimum absolute atomic E-state index is 0.134. The summed E-state index contributed by atoms with van der Waals surface area (Å²) in [5, 5.41) is 12.1. The molecular weight excluding hydrogens is 248 g/mol. The number of nitriles is 1. The first-order valence-corrected chi connectivity index (χ1v) is 7.34. The summed E-state index contributed by atoms with van der Waals surface area (Å²) in [6.45, 7) is 6.54. The summed E-state index contributed by atoms with van der Waals surface area (Å²) in [4.78, 5) is 12.1. The summed E-state index contributed by atoms with van der Waals surface area (Å²) >= 11 is 0. The number of benzene rings is 1. The molecule has 1 atom stereocenters. The Morgan fingerprint density at radius 1 is 1.30 bits per heavy atom. The van der Waals surface area contributed by atoms with Crippen molar-refractivity contribution < 1.29 is 4.79 Å². The van der Waals surface area contributed by atoms with Gasteiger partial charge in [-0.05, 0) is 30.7 Å². The Balaban J connectivity index is 2.49. The molecule has 3 nitrogen and oxygen atoms in total. The van der Waals surface area contributed by atoms with Gasteiger partial charge < -0.3 is 5.32 Å². The highest BCUT2D eigenvalue weighted by Gasteiger charge is 2.34. The SMILES string of the molecule is CCC(C#N)(CC)C(=O)NCCC(C)c1ccccc1. The minimum Gasteiger partial charge on any atom is -0.355 e. The first-order chi connectivity index (χ1) is 9.59. The zero-order valence-electron chi connectivity index (χ0n) is 12.6. The molecule has 0 saturated carbocycles. The van der Waals surface area contributed by atoms with Gasteiger partial charge in [-0.1, -0.05) is 51.1 Å². The van der Waals surface area contributed by atoms with E-state index < -0.39 is 5.41 Å². The molecule has 1 unspecified atom stereocenters. The zero-order chi connectivity index (χ0) is 15.0. The first kappa shape index (κ1) is 16.2. The Hall–Kier alpha value is -1.82. The molecule has 0 aliphatic carbocycles. The van der Waals surface area contributed by atoms with E-state index in [0.29, 0.717) is 25.3 Å². The number of hydrogen-bond acceptors (Lipinski definition) is 2. The third kappa shape index (κ3) is 3.84. The number of rotatable bonds is 7. The fourth-order valence-electron chi connectivity index (χ4n) is 2.30. The van der Waals surface area contributed by atoms with Crippen LogP contribution in [0, 0.1) is 16.7 Å². The zero-order valence-corrected chi connectivity index (χ0v) is 12.6. The molecule has 3 heteroatoms. The summed E-state index contributed by atoms with van der Waals surface area (Å²) < 4.78 is 0. The van der Waals surface area contributed by atoms with Gasteiger partial charge in [0.25, 0.3) is 0 Å². The van der Waals surface area contributed by atoms with Crippen molar-refractivity contribution in [3.63, 3.8) is 0 Å². The lowest BCUT2D eigenvalue weighted by molar-refractivity contribution is -0.128. The predicted molar refractivity (Wildman–Crippen MR) is 81.1 cm³/mol. The standard InChI is InChI=1S/C17H24N2O/c1-4-17(5-2,13-18)16(20)19-12-11-14(3)15-9-7-6-8-10-15/h6-10,14H,4-5,11-12H2,1-3H3,(H,19,20). The molecule has 0 aliphatic heterocycles. The molecule has 0 aromatic heterocycles. The van der Waals surface area contributed by atoms with Crippen molar-refractivity contribution in [2.75, 3.05) is 6.54 Å². The van der Waals surface area contributed by atoms with Gasteiger partial charge in [-0.2, -0.15) is 5.26 Å². The normalized spacial score (nSPS) is 12.5. The van der Waals surface area contributed by atoms with E-state index in [1.807, 2.05) is 32.0 Å². The van der Waals surface area contributed by atoms with E-state index in [0.717, 1.165) is 6.42 Å². The van der Waals surface area contributed by atoms with Crippen LogP contribution in [0.5, 0.6) is 0 Å². The summed E-state index contributed by atoms with van der Waals surface area (Å²) in [5.74, 6) is 0.265. The van der Waals surface area contributed by atoms with Gasteiger partial charge in [0.2, 0.25) is 5.91 Å². The molecule has 0 radical (unpaired) electrons. The fraction of sp³-hybridized carbons (Fsp3) is 0.529. The summed E-state index contributed by atoms with van der Waals surface area (Å²) in [6, 6.07) is 12.4. The Labute approximate surface area is 122 Å². The van der Waals surface area contributed by atoms with Crippen LogP contribution in [0.25, 0.3) is 0 Å². The average molecular weight is 272 g/mol. The van der Waals surface area contributed by atoms with Gasteiger partial charge >= 0.3 is 0 Å². The van der Waals surface area contributed by atoms with E-state index in [1.165, 1.54) is 5.56 Å². The van der Waals surface area contributed by atoms with Gasteiger partial charge in [0.05, 0.1) is 6.07 Å². The molecule has 1 rings (SSSR count). The van der Waals surface area contributed by atoms with Crippen LogP contribution in [0.4, 0.5) is 0 Å². The van der Waals surface area contributed by atoms with E-state index in [1.54, 1.807) is 0 Å². The second-order valence-electron chi connectivity index (χ2n) is 5.26. The Bertz CT molecular complexity index is 458. The van der Waals surface area contributed by atoms with Crippen LogP contribution in [0.3, 0.4) is 0 Å². The van der Waals surface area contributed by atoms with Crippen LogP contribution in [0.2, 0.25) is 0 Å². The molecule has 20 heavy (non-hydrogen) atoms. The van der Waals surface area contributed by atoms with Crippen molar-refractivity contribution in [2.24, 2.45) is 5.41 Å². The topological polar surface area (TPSA) is 52.9 Å². The number of hydrogen-bond donors (Lipinski definition) is 1. The highest BCUT2D eigenvalue weighted by molar-refractivity contribution is 5.85. The van der Waals surface area contributed by atoms with E-state index >= 15 is 0 Å². The third-order valence-electron chi connectivity index (χ3n) is 4.09. The quantitative estimate of drug-likeness (QED) is 0.824. The minimum atomic E-state index is -0.865. The Morgan fingerprint density at radius 3 is 2.40 bits per heavy atom.